The second kappa shape index (κ2) is 5.74. The second-order valence-corrected chi connectivity index (χ2v) is 5.61. The normalized spacial score (nSPS) is 10.9. The van der Waals surface area contributed by atoms with Crippen LogP contribution >= 0.6 is 0 Å². The van der Waals surface area contributed by atoms with Gasteiger partial charge in [0.15, 0.2) is 0 Å². The third-order valence-corrected chi connectivity index (χ3v) is 4.10. The molecule has 2 heterocycles. The van der Waals surface area contributed by atoms with Gasteiger partial charge < -0.3 is 4.90 Å². The Balaban J connectivity index is 1.82. The summed E-state index contributed by atoms with van der Waals surface area (Å²) in [4.78, 5) is 23.4. The van der Waals surface area contributed by atoms with Crippen LogP contribution in [0.4, 0.5) is 5.69 Å². The van der Waals surface area contributed by atoms with Crippen molar-refractivity contribution < 1.29 is 4.79 Å². The molecule has 2 aromatic carbocycles. The average molecular weight is 313 g/mol. The lowest BCUT2D eigenvalue weighted by atomic mass is 10.1. The van der Waals surface area contributed by atoms with Crippen LogP contribution in [-0.4, -0.2) is 22.9 Å². The highest BCUT2D eigenvalue weighted by Crippen LogP contribution is 2.23. The average Bonchev–Trinajstić information content (AvgIpc) is 2.67. The maximum Gasteiger partial charge on any atom is 0.276 e. The van der Waals surface area contributed by atoms with E-state index >= 15 is 0 Å². The maximum atomic E-state index is 12.8. The number of pyridine rings is 2. The van der Waals surface area contributed by atoms with Gasteiger partial charge in [0.1, 0.15) is 5.69 Å². The number of hydrogen-bond donors (Lipinski definition) is 0. The maximum absolute atomic E-state index is 12.8. The lowest BCUT2D eigenvalue weighted by Crippen LogP contribution is -2.27. The molecule has 0 saturated heterocycles. The van der Waals surface area contributed by atoms with E-state index in [1.807, 2.05) is 60.7 Å². The van der Waals surface area contributed by atoms with E-state index in [2.05, 4.69) is 9.97 Å². The summed E-state index contributed by atoms with van der Waals surface area (Å²) in [6.07, 6.45) is 1.74. The molecule has 0 unspecified atom stereocenters. The minimum Gasteiger partial charge on any atom is -0.310 e. The minimum absolute atomic E-state index is 0.143. The smallest absolute Gasteiger partial charge is 0.276 e. The van der Waals surface area contributed by atoms with E-state index in [1.165, 1.54) is 0 Å². The van der Waals surface area contributed by atoms with Crippen LogP contribution in [0.25, 0.3) is 21.8 Å². The molecular formula is C20H15N3O. The van der Waals surface area contributed by atoms with Gasteiger partial charge in [0.05, 0.1) is 11.0 Å². The Morgan fingerprint density at radius 2 is 1.54 bits per heavy atom. The molecule has 0 aliphatic heterocycles. The number of carbonyl (C=O) groups excluding carboxylic acids is 1. The molecule has 116 valence electrons. The molecule has 0 aliphatic rings. The van der Waals surface area contributed by atoms with Crippen molar-refractivity contribution in [3.8, 4) is 0 Å². The van der Waals surface area contributed by atoms with Gasteiger partial charge in [-0.2, -0.15) is 0 Å². The SMILES string of the molecule is CN(C(=O)c1ccc2ccc3cccnc3c2n1)c1ccccc1. The van der Waals surface area contributed by atoms with Crippen molar-refractivity contribution >= 4 is 33.4 Å². The monoisotopic (exact) mass is 313 g/mol. The molecule has 1 amide bonds. The van der Waals surface area contributed by atoms with Gasteiger partial charge in [-0.15, -0.1) is 0 Å². The second-order valence-electron chi connectivity index (χ2n) is 5.61. The Kier molecular flexibility index (Phi) is 3.43. The Bertz CT molecular complexity index is 1040. The Labute approximate surface area is 139 Å². The lowest BCUT2D eigenvalue weighted by molar-refractivity contribution is 0.0988. The summed E-state index contributed by atoms with van der Waals surface area (Å²) in [6.45, 7) is 0. The first kappa shape index (κ1) is 14.3. The number of rotatable bonds is 2. The van der Waals surface area contributed by atoms with Crippen LogP contribution in [0.15, 0.2) is 72.9 Å². The van der Waals surface area contributed by atoms with Gasteiger partial charge in [-0.05, 0) is 24.3 Å². The standard InChI is InChI=1S/C20H15N3O/c1-23(16-7-3-2-4-8-16)20(24)17-12-11-15-10-9-14-6-5-13-21-18(14)19(15)22-17/h2-13H,1H3. The van der Waals surface area contributed by atoms with Crippen LogP contribution in [0, 0.1) is 0 Å². The zero-order chi connectivity index (χ0) is 16.5. The molecule has 4 heteroatoms. The number of benzene rings is 2. The Morgan fingerprint density at radius 3 is 2.33 bits per heavy atom. The summed E-state index contributed by atoms with van der Waals surface area (Å²) >= 11 is 0. The van der Waals surface area contributed by atoms with Crippen LogP contribution in [0.5, 0.6) is 0 Å². The molecule has 0 fully saturated rings. The number of anilines is 1. The highest BCUT2D eigenvalue weighted by Gasteiger charge is 2.16. The topological polar surface area (TPSA) is 46.1 Å². The summed E-state index contributed by atoms with van der Waals surface area (Å²) in [5.41, 5.74) is 2.81. The van der Waals surface area contributed by atoms with Crippen LogP contribution in [0.1, 0.15) is 10.5 Å². The van der Waals surface area contributed by atoms with E-state index < -0.39 is 0 Å². The van der Waals surface area contributed by atoms with Gasteiger partial charge in [-0.1, -0.05) is 42.5 Å². The van der Waals surface area contributed by atoms with Gasteiger partial charge in [-0.3, -0.25) is 9.78 Å². The largest absolute Gasteiger partial charge is 0.310 e. The fraction of sp³-hybridized carbons (Fsp3) is 0.0500. The first-order chi connectivity index (χ1) is 11.7. The summed E-state index contributed by atoms with van der Waals surface area (Å²) in [6, 6.07) is 21.1. The van der Waals surface area contributed by atoms with E-state index in [1.54, 1.807) is 24.2 Å². The molecule has 0 radical (unpaired) electrons. The summed E-state index contributed by atoms with van der Waals surface area (Å²) < 4.78 is 0. The summed E-state index contributed by atoms with van der Waals surface area (Å²) in [7, 11) is 1.75. The van der Waals surface area contributed by atoms with Gasteiger partial charge in [0.2, 0.25) is 0 Å². The summed E-state index contributed by atoms with van der Waals surface area (Å²) in [5.74, 6) is -0.143. The number of carbonyl (C=O) groups is 1. The first-order valence-corrected chi connectivity index (χ1v) is 7.71. The molecule has 4 rings (SSSR count). The van der Waals surface area contributed by atoms with Gasteiger partial charge >= 0.3 is 0 Å². The predicted molar refractivity (Wildman–Crippen MR) is 96.2 cm³/mol. The van der Waals surface area contributed by atoms with Crippen molar-refractivity contribution in [3.63, 3.8) is 0 Å². The Hall–Kier alpha value is -3.27. The molecule has 4 nitrogen and oxygen atoms in total. The molecule has 2 aromatic heterocycles. The van der Waals surface area contributed by atoms with Crippen molar-refractivity contribution in [1.29, 1.82) is 0 Å². The summed E-state index contributed by atoms with van der Waals surface area (Å²) in [5, 5.41) is 1.98. The van der Waals surface area contributed by atoms with Crippen molar-refractivity contribution in [3.05, 3.63) is 78.6 Å². The van der Waals surface area contributed by atoms with E-state index in [9.17, 15) is 4.79 Å². The molecule has 0 bridgehead atoms. The quantitative estimate of drug-likeness (QED) is 0.524. The van der Waals surface area contributed by atoms with E-state index in [0.29, 0.717) is 5.69 Å². The van der Waals surface area contributed by atoms with Crippen molar-refractivity contribution in [2.45, 2.75) is 0 Å². The predicted octanol–water partition coefficient (Wildman–Crippen LogP) is 4.06. The molecule has 0 atom stereocenters. The number of hydrogen-bond acceptors (Lipinski definition) is 3. The first-order valence-electron chi connectivity index (χ1n) is 7.71. The van der Waals surface area contributed by atoms with Gasteiger partial charge in [0, 0.05) is 29.7 Å². The zero-order valence-corrected chi connectivity index (χ0v) is 13.2. The molecule has 0 aliphatic carbocycles. The third kappa shape index (κ3) is 2.38. The molecule has 4 aromatic rings. The zero-order valence-electron chi connectivity index (χ0n) is 13.2. The molecule has 24 heavy (non-hydrogen) atoms. The van der Waals surface area contributed by atoms with Crippen molar-refractivity contribution in [1.82, 2.24) is 9.97 Å². The number of amides is 1. The van der Waals surface area contributed by atoms with Crippen LogP contribution < -0.4 is 4.90 Å². The Morgan fingerprint density at radius 1 is 0.833 bits per heavy atom. The lowest BCUT2D eigenvalue weighted by Gasteiger charge is -2.17. The number of para-hydroxylation sites is 1. The van der Waals surface area contributed by atoms with Crippen LogP contribution in [0.2, 0.25) is 0 Å². The highest BCUT2D eigenvalue weighted by molar-refractivity contribution is 6.08. The van der Waals surface area contributed by atoms with Crippen molar-refractivity contribution in [2.75, 3.05) is 11.9 Å². The number of aromatic nitrogens is 2. The fourth-order valence-corrected chi connectivity index (χ4v) is 2.78. The molecule has 0 N–H and O–H groups in total. The van der Waals surface area contributed by atoms with Gasteiger partial charge in [0.25, 0.3) is 5.91 Å². The fourth-order valence-electron chi connectivity index (χ4n) is 2.78. The van der Waals surface area contributed by atoms with Crippen LogP contribution in [-0.2, 0) is 0 Å². The highest BCUT2D eigenvalue weighted by atomic mass is 16.2. The van der Waals surface area contributed by atoms with E-state index in [-0.39, 0.29) is 5.91 Å². The van der Waals surface area contributed by atoms with E-state index in [4.69, 9.17) is 0 Å². The van der Waals surface area contributed by atoms with Gasteiger partial charge in [-0.25, -0.2) is 4.98 Å². The molecule has 0 saturated carbocycles. The number of nitrogens with zero attached hydrogens (tertiary/aromatic N) is 3. The van der Waals surface area contributed by atoms with E-state index in [0.717, 1.165) is 27.5 Å². The molecule has 0 spiro atoms. The van der Waals surface area contributed by atoms with Crippen LogP contribution in [0.3, 0.4) is 0 Å². The molecular weight excluding hydrogens is 298 g/mol. The minimum atomic E-state index is -0.143. The third-order valence-electron chi connectivity index (χ3n) is 4.10. The van der Waals surface area contributed by atoms with Crippen molar-refractivity contribution in [2.24, 2.45) is 0 Å². The number of fused-ring (bicyclic) bond motifs is 3.